The molecule has 0 bridgehead atoms. The van der Waals surface area contributed by atoms with Crippen LogP contribution in [0.3, 0.4) is 0 Å². The van der Waals surface area contributed by atoms with Gasteiger partial charge in [-0.3, -0.25) is 9.59 Å². The van der Waals surface area contributed by atoms with Gasteiger partial charge in [0.1, 0.15) is 0 Å². The van der Waals surface area contributed by atoms with Gasteiger partial charge in [-0.1, -0.05) is 0 Å². The second kappa shape index (κ2) is 11.3. The lowest BCUT2D eigenvalue weighted by atomic mass is 10.4. The van der Waals surface area contributed by atoms with Crippen LogP contribution in [0, 0.1) is 0 Å². The zero-order chi connectivity index (χ0) is 13.8. The first-order valence-corrected chi connectivity index (χ1v) is 6.82. The summed E-state index contributed by atoms with van der Waals surface area (Å²) in [4.78, 5) is 23.9. The molecule has 0 aromatic rings. The average molecular weight is 279 g/mol. The SMILES string of the molecule is COCCCN(CCOC)C(=O)CSCC(=O)O. The summed E-state index contributed by atoms with van der Waals surface area (Å²) in [6.07, 6.45) is 0.759. The fraction of sp³-hybridized carbons (Fsp3) is 0.818. The number of ether oxygens (including phenoxy) is 2. The molecule has 0 aromatic carbocycles. The first-order chi connectivity index (χ1) is 8.61. The van der Waals surface area contributed by atoms with Crippen LogP contribution in [0.5, 0.6) is 0 Å². The maximum absolute atomic E-state index is 11.8. The smallest absolute Gasteiger partial charge is 0.313 e. The van der Waals surface area contributed by atoms with Gasteiger partial charge in [0.25, 0.3) is 0 Å². The summed E-state index contributed by atoms with van der Waals surface area (Å²) in [5.41, 5.74) is 0. The Morgan fingerprint density at radius 3 is 2.33 bits per heavy atom. The quantitative estimate of drug-likeness (QED) is 0.549. The van der Waals surface area contributed by atoms with E-state index in [4.69, 9.17) is 14.6 Å². The minimum absolute atomic E-state index is 0.0536. The third-order valence-electron chi connectivity index (χ3n) is 2.15. The molecule has 0 aromatic heterocycles. The standard InChI is InChI=1S/C11H21NO5S/c1-16-6-3-4-12(5-7-17-2)10(13)8-18-9-11(14)15/h3-9H2,1-2H3,(H,14,15). The number of carboxylic acids is 1. The first kappa shape index (κ1) is 17.2. The highest BCUT2D eigenvalue weighted by molar-refractivity contribution is 8.00. The van der Waals surface area contributed by atoms with Crippen molar-refractivity contribution in [3.8, 4) is 0 Å². The van der Waals surface area contributed by atoms with Crippen molar-refractivity contribution in [2.24, 2.45) is 0 Å². The average Bonchev–Trinajstić information content (AvgIpc) is 2.33. The molecule has 18 heavy (non-hydrogen) atoms. The highest BCUT2D eigenvalue weighted by atomic mass is 32.2. The topological polar surface area (TPSA) is 76.1 Å². The molecule has 0 aliphatic heterocycles. The molecule has 0 aliphatic rings. The minimum atomic E-state index is -0.907. The Kier molecular flexibility index (Phi) is 10.8. The van der Waals surface area contributed by atoms with Crippen LogP contribution in [-0.4, -0.2) is 73.9 Å². The number of methoxy groups -OCH3 is 2. The molecule has 0 heterocycles. The number of thioether (sulfide) groups is 1. The Labute approximate surface area is 112 Å². The van der Waals surface area contributed by atoms with Crippen molar-refractivity contribution in [2.75, 3.05) is 52.0 Å². The fourth-order valence-corrected chi connectivity index (χ4v) is 1.91. The molecule has 0 atom stereocenters. The number of hydrogen-bond acceptors (Lipinski definition) is 5. The molecule has 7 heteroatoms. The second-order valence-corrected chi connectivity index (χ2v) is 4.59. The number of amides is 1. The van der Waals surface area contributed by atoms with Crippen molar-refractivity contribution in [3.63, 3.8) is 0 Å². The lowest BCUT2D eigenvalue weighted by Gasteiger charge is -2.22. The molecule has 0 aliphatic carbocycles. The van der Waals surface area contributed by atoms with Gasteiger partial charge in [-0.05, 0) is 6.42 Å². The number of hydrogen-bond donors (Lipinski definition) is 1. The van der Waals surface area contributed by atoms with E-state index in [1.165, 1.54) is 0 Å². The molecule has 1 N–H and O–H groups in total. The van der Waals surface area contributed by atoms with Crippen LogP contribution in [0.1, 0.15) is 6.42 Å². The Hall–Kier alpha value is -0.790. The number of nitrogens with zero attached hydrogens (tertiary/aromatic N) is 1. The van der Waals surface area contributed by atoms with E-state index in [0.717, 1.165) is 18.2 Å². The lowest BCUT2D eigenvalue weighted by Crippen LogP contribution is -2.36. The van der Waals surface area contributed by atoms with Gasteiger partial charge in [-0.2, -0.15) is 0 Å². The molecular formula is C11H21NO5S. The maximum atomic E-state index is 11.8. The maximum Gasteiger partial charge on any atom is 0.313 e. The molecule has 0 saturated heterocycles. The number of carboxylic acid groups (broad SMARTS) is 1. The third kappa shape index (κ3) is 9.26. The van der Waals surface area contributed by atoms with Crippen molar-refractivity contribution in [1.29, 1.82) is 0 Å². The predicted octanol–water partition coefficient (Wildman–Crippen LogP) is 0.316. The van der Waals surface area contributed by atoms with Crippen LogP contribution in [0.25, 0.3) is 0 Å². The Morgan fingerprint density at radius 2 is 1.78 bits per heavy atom. The van der Waals surface area contributed by atoms with Crippen LogP contribution < -0.4 is 0 Å². The van der Waals surface area contributed by atoms with Gasteiger partial charge in [0.2, 0.25) is 5.91 Å². The summed E-state index contributed by atoms with van der Waals surface area (Å²) in [6, 6.07) is 0. The number of aliphatic carboxylic acids is 1. The Morgan fingerprint density at radius 1 is 1.11 bits per heavy atom. The van der Waals surface area contributed by atoms with E-state index in [0.29, 0.717) is 26.3 Å². The van der Waals surface area contributed by atoms with Crippen molar-refractivity contribution in [1.82, 2.24) is 4.90 Å². The van der Waals surface area contributed by atoms with E-state index >= 15 is 0 Å². The Balaban J connectivity index is 4.00. The molecule has 6 nitrogen and oxygen atoms in total. The van der Waals surface area contributed by atoms with Gasteiger partial charge < -0.3 is 19.5 Å². The van der Waals surface area contributed by atoms with Crippen LogP contribution in [0.15, 0.2) is 0 Å². The summed E-state index contributed by atoms with van der Waals surface area (Å²) in [5, 5.41) is 8.50. The van der Waals surface area contributed by atoms with E-state index in [1.807, 2.05) is 0 Å². The number of carbonyl (C=O) groups excluding carboxylic acids is 1. The monoisotopic (exact) mass is 279 g/mol. The number of carbonyl (C=O) groups is 2. The highest BCUT2D eigenvalue weighted by Gasteiger charge is 2.13. The van der Waals surface area contributed by atoms with Gasteiger partial charge in [-0.15, -0.1) is 11.8 Å². The molecule has 0 spiro atoms. The van der Waals surface area contributed by atoms with Crippen LogP contribution >= 0.6 is 11.8 Å². The minimum Gasteiger partial charge on any atom is -0.481 e. The Bertz CT molecular complexity index is 250. The summed E-state index contributed by atoms with van der Waals surface area (Å²) >= 11 is 1.11. The van der Waals surface area contributed by atoms with E-state index in [2.05, 4.69) is 0 Å². The normalized spacial score (nSPS) is 10.3. The van der Waals surface area contributed by atoms with Gasteiger partial charge in [0, 0.05) is 33.9 Å². The van der Waals surface area contributed by atoms with Crippen LogP contribution in [0.4, 0.5) is 0 Å². The van der Waals surface area contributed by atoms with Crippen LogP contribution in [-0.2, 0) is 19.1 Å². The van der Waals surface area contributed by atoms with E-state index in [1.54, 1.807) is 19.1 Å². The zero-order valence-electron chi connectivity index (χ0n) is 10.9. The zero-order valence-corrected chi connectivity index (χ0v) is 11.7. The molecule has 0 unspecified atom stereocenters. The summed E-state index contributed by atoms with van der Waals surface area (Å²) in [5.74, 6) is -0.838. The molecule has 0 fully saturated rings. The summed E-state index contributed by atoms with van der Waals surface area (Å²) in [6.45, 7) is 2.19. The third-order valence-corrected chi connectivity index (χ3v) is 3.05. The second-order valence-electron chi connectivity index (χ2n) is 3.61. The molecular weight excluding hydrogens is 258 g/mol. The van der Waals surface area contributed by atoms with Crippen molar-refractivity contribution in [2.45, 2.75) is 6.42 Å². The predicted molar refractivity (Wildman–Crippen MR) is 69.9 cm³/mol. The fourth-order valence-electron chi connectivity index (χ4n) is 1.28. The van der Waals surface area contributed by atoms with Crippen molar-refractivity contribution < 1.29 is 24.2 Å². The highest BCUT2D eigenvalue weighted by Crippen LogP contribution is 2.03. The first-order valence-electron chi connectivity index (χ1n) is 5.67. The van der Waals surface area contributed by atoms with Gasteiger partial charge >= 0.3 is 5.97 Å². The largest absolute Gasteiger partial charge is 0.481 e. The van der Waals surface area contributed by atoms with Gasteiger partial charge in [0.05, 0.1) is 18.1 Å². The number of rotatable bonds is 11. The molecule has 0 rings (SSSR count). The molecule has 106 valence electrons. The molecule has 0 saturated carbocycles. The van der Waals surface area contributed by atoms with Crippen molar-refractivity contribution >= 4 is 23.6 Å². The van der Waals surface area contributed by atoms with Crippen LogP contribution in [0.2, 0.25) is 0 Å². The summed E-state index contributed by atoms with van der Waals surface area (Å²) in [7, 11) is 3.20. The van der Waals surface area contributed by atoms with E-state index in [-0.39, 0.29) is 17.4 Å². The summed E-state index contributed by atoms with van der Waals surface area (Å²) < 4.78 is 9.88. The molecule has 0 radical (unpaired) electrons. The van der Waals surface area contributed by atoms with Crippen molar-refractivity contribution in [3.05, 3.63) is 0 Å². The van der Waals surface area contributed by atoms with E-state index < -0.39 is 5.97 Å². The van der Waals surface area contributed by atoms with Gasteiger partial charge in [-0.25, -0.2) is 0 Å². The lowest BCUT2D eigenvalue weighted by molar-refractivity contribution is -0.133. The molecule has 1 amide bonds. The van der Waals surface area contributed by atoms with E-state index in [9.17, 15) is 9.59 Å². The van der Waals surface area contributed by atoms with Gasteiger partial charge in [0.15, 0.2) is 0 Å².